The minimum atomic E-state index is -3.13. The number of hydrogen-bond acceptors (Lipinski definition) is 6. The standard InChI is InChI=1S/C19H25FN4O4S/c1-29(26,27)23-16-12-24(13-16)10-4-2-3-9-21-19(25)17-11-18(28-22-17)14-5-7-15(20)8-6-14/h5-8,11,16,23H,2-4,9-10,12-13H2,1H3,(H,21,25). The van der Waals surface area contributed by atoms with Gasteiger partial charge in [-0.3, -0.25) is 4.79 Å². The molecule has 1 aliphatic rings. The maximum absolute atomic E-state index is 13.0. The van der Waals surface area contributed by atoms with E-state index in [9.17, 15) is 17.6 Å². The van der Waals surface area contributed by atoms with E-state index in [0.29, 0.717) is 17.9 Å². The molecule has 0 unspecified atom stereocenters. The van der Waals surface area contributed by atoms with E-state index in [1.54, 1.807) is 12.1 Å². The zero-order valence-electron chi connectivity index (χ0n) is 16.2. The van der Waals surface area contributed by atoms with Gasteiger partial charge >= 0.3 is 0 Å². The van der Waals surface area contributed by atoms with Gasteiger partial charge in [-0.05, 0) is 43.7 Å². The number of carbonyl (C=O) groups excluding carboxylic acids is 1. The number of sulfonamides is 1. The summed E-state index contributed by atoms with van der Waals surface area (Å²) in [6.07, 6.45) is 3.96. The van der Waals surface area contributed by atoms with Crippen molar-refractivity contribution in [2.75, 3.05) is 32.4 Å². The van der Waals surface area contributed by atoms with Gasteiger partial charge in [0.1, 0.15) is 5.82 Å². The molecule has 1 aromatic heterocycles. The van der Waals surface area contributed by atoms with Crippen LogP contribution in [0, 0.1) is 5.82 Å². The Morgan fingerprint density at radius 1 is 1.24 bits per heavy atom. The van der Waals surface area contributed by atoms with Crippen molar-refractivity contribution in [1.29, 1.82) is 0 Å². The molecule has 0 spiro atoms. The third-order valence-electron chi connectivity index (χ3n) is 4.65. The lowest BCUT2D eigenvalue weighted by Crippen LogP contribution is -2.58. The first-order valence-corrected chi connectivity index (χ1v) is 11.4. The Morgan fingerprint density at radius 3 is 2.66 bits per heavy atom. The van der Waals surface area contributed by atoms with Gasteiger partial charge in [-0.25, -0.2) is 17.5 Å². The largest absolute Gasteiger partial charge is 0.355 e. The van der Waals surface area contributed by atoms with E-state index in [0.717, 1.165) is 38.9 Å². The van der Waals surface area contributed by atoms with Crippen molar-refractivity contribution in [3.8, 4) is 11.3 Å². The second-order valence-electron chi connectivity index (χ2n) is 7.25. The summed E-state index contributed by atoms with van der Waals surface area (Å²) in [5.41, 5.74) is 0.840. The van der Waals surface area contributed by atoms with Crippen molar-refractivity contribution in [2.24, 2.45) is 0 Å². The summed E-state index contributed by atoms with van der Waals surface area (Å²) in [5, 5.41) is 6.58. The Balaban J connectivity index is 1.29. The summed E-state index contributed by atoms with van der Waals surface area (Å²) in [4.78, 5) is 14.3. The molecular weight excluding hydrogens is 399 g/mol. The molecule has 0 bridgehead atoms. The van der Waals surface area contributed by atoms with E-state index in [1.807, 2.05) is 0 Å². The lowest BCUT2D eigenvalue weighted by Gasteiger charge is -2.39. The Hall–Kier alpha value is -2.30. The van der Waals surface area contributed by atoms with Gasteiger partial charge in [0.2, 0.25) is 10.0 Å². The summed E-state index contributed by atoms with van der Waals surface area (Å²) in [5.74, 6) is -0.237. The molecule has 3 rings (SSSR count). The minimum Gasteiger partial charge on any atom is -0.355 e. The second kappa shape index (κ2) is 9.47. The highest BCUT2D eigenvalue weighted by atomic mass is 32.2. The van der Waals surface area contributed by atoms with Gasteiger partial charge < -0.3 is 14.7 Å². The van der Waals surface area contributed by atoms with E-state index in [-0.39, 0.29) is 23.5 Å². The normalized spacial score (nSPS) is 15.2. The zero-order chi connectivity index (χ0) is 20.9. The number of rotatable bonds is 10. The Morgan fingerprint density at radius 2 is 1.97 bits per heavy atom. The Bertz CT molecular complexity index is 924. The van der Waals surface area contributed by atoms with Gasteiger partial charge in [0.25, 0.3) is 5.91 Å². The van der Waals surface area contributed by atoms with Crippen LogP contribution in [0.25, 0.3) is 11.3 Å². The summed E-state index contributed by atoms with van der Waals surface area (Å²) in [6.45, 7) is 2.94. The van der Waals surface area contributed by atoms with Crippen LogP contribution in [0.1, 0.15) is 29.8 Å². The van der Waals surface area contributed by atoms with Crippen LogP contribution < -0.4 is 10.0 Å². The highest BCUT2D eigenvalue weighted by Crippen LogP contribution is 2.20. The quantitative estimate of drug-likeness (QED) is 0.562. The van der Waals surface area contributed by atoms with Gasteiger partial charge in [-0.15, -0.1) is 0 Å². The molecule has 0 aliphatic carbocycles. The fourth-order valence-corrected chi connectivity index (χ4v) is 3.95. The molecule has 1 aromatic carbocycles. The summed E-state index contributed by atoms with van der Waals surface area (Å²) in [6, 6.07) is 7.32. The molecule has 2 heterocycles. The maximum atomic E-state index is 13.0. The summed E-state index contributed by atoms with van der Waals surface area (Å²) >= 11 is 0. The van der Waals surface area contributed by atoms with Crippen molar-refractivity contribution in [2.45, 2.75) is 25.3 Å². The van der Waals surface area contributed by atoms with Crippen molar-refractivity contribution in [3.63, 3.8) is 0 Å². The minimum absolute atomic E-state index is 0.0200. The van der Waals surface area contributed by atoms with Crippen LogP contribution in [0.4, 0.5) is 4.39 Å². The molecule has 1 fully saturated rings. The average Bonchev–Trinajstić information content (AvgIpc) is 3.11. The molecule has 10 heteroatoms. The monoisotopic (exact) mass is 424 g/mol. The van der Waals surface area contributed by atoms with E-state index < -0.39 is 10.0 Å². The smallest absolute Gasteiger partial charge is 0.273 e. The lowest BCUT2D eigenvalue weighted by molar-refractivity contribution is 0.0943. The third kappa shape index (κ3) is 6.62. The molecule has 1 amide bonds. The highest BCUT2D eigenvalue weighted by molar-refractivity contribution is 7.88. The van der Waals surface area contributed by atoms with E-state index in [2.05, 4.69) is 20.1 Å². The van der Waals surface area contributed by atoms with Gasteiger partial charge in [0, 0.05) is 37.3 Å². The molecule has 0 atom stereocenters. The number of amides is 1. The number of nitrogens with zero attached hydrogens (tertiary/aromatic N) is 2. The number of hydrogen-bond donors (Lipinski definition) is 2. The Kier molecular flexibility index (Phi) is 6.99. The first kappa shape index (κ1) is 21.4. The number of likely N-dealkylation sites (tertiary alicyclic amines) is 1. The maximum Gasteiger partial charge on any atom is 0.273 e. The molecule has 2 aromatic rings. The number of nitrogens with one attached hydrogen (secondary N) is 2. The van der Waals surface area contributed by atoms with E-state index >= 15 is 0 Å². The number of unbranched alkanes of at least 4 members (excludes halogenated alkanes) is 2. The van der Waals surface area contributed by atoms with Crippen molar-refractivity contribution < 1.29 is 22.1 Å². The second-order valence-corrected chi connectivity index (χ2v) is 9.03. The molecule has 158 valence electrons. The molecule has 0 saturated carbocycles. The molecule has 8 nitrogen and oxygen atoms in total. The van der Waals surface area contributed by atoms with Gasteiger partial charge in [-0.1, -0.05) is 11.6 Å². The van der Waals surface area contributed by atoms with Crippen molar-refractivity contribution in [1.82, 2.24) is 20.1 Å². The first-order chi connectivity index (χ1) is 13.8. The summed E-state index contributed by atoms with van der Waals surface area (Å²) in [7, 11) is -3.13. The molecule has 2 N–H and O–H groups in total. The first-order valence-electron chi connectivity index (χ1n) is 9.51. The highest BCUT2D eigenvalue weighted by Gasteiger charge is 2.28. The molecule has 1 aliphatic heterocycles. The SMILES string of the molecule is CS(=O)(=O)NC1CN(CCCCCNC(=O)c2cc(-c3ccc(F)cc3)on2)C1. The van der Waals surface area contributed by atoms with Crippen LogP contribution >= 0.6 is 0 Å². The van der Waals surface area contributed by atoms with Crippen LogP contribution in [0.2, 0.25) is 0 Å². The van der Waals surface area contributed by atoms with Crippen LogP contribution in [-0.4, -0.2) is 62.9 Å². The predicted molar refractivity (Wildman–Crippen MR) is 106 cm³/mol. The van der Waals surface area contributed by atoms with Crippen molar-refractivity contribution in [3.05, 3.63) is 41.8 Å². The number of carbonyl (C=O) groups is 1. The van der Waals surface area contributed by atoms with Crippen LogP contribution in [0.3, 0.4) is 0 Å². The van der Waals surface area contributed by atoms with Gasteiger partial charge in [-0.2, -0.15) is 0 Å². The van der Waals surface area contributed by atoms with Gasteiger partial charge in [0.05, 0.1) is 6.26 Å². The van der Waals surface area contributed by atoms with Crippen LogP contribution in [0.15, 0.2) is 34.9 Å². The van der Waals surface area contributed by atoms with Crippen LogP contribution in [0.5, 0.6) is 0 Å². The molecule has 0 radical (unpaired) electrons. The van der Waals surface area contributed by atoms with Crippen LogP contribution in [-0.2, 0) is 10.0 Å². The molecular formula is C19H25FN4O4S. The molecule has 1 saturated heterocycles. The third-order valence-corrected chi connectivity index (χ3v) is 5.41. The molecule has 29 heavy (non-hydrogen) atoms. The summed E-state index contributed by atoms with van der Waals surface area (Å²) < 4.78 is 43.0. The number of aromatic nitrogens is 1. The van der Waals surface area contributed by atoms with E-state index in [4.69, 9.17) is 4.52 Å². The number of halogens is 1. The topological polar surface area (TPSA) is 105 Å². The Labute approximate surface area is 169 Å². The van der Waals surface area contributed by atoms with E-state index in [1.165, 1.54) is 24.5 Å². The van der Waals surface area contributed by atoms with Gasteiger partial charge in [0.15, 0.2) is 11.5 Å². The average molecular weight is 424 g/mol. The fraction of sp³-hybridized carbons (Fsp3) is 0.474. The predicted octanol–water partition coefficient (Wildman–Crippen LogP) is 1.61. The van der Waals surface area contributed by atoms with Crippen molar-refractivity contribution >= 4 is 15.9 Å². The lowest BCUT2D eigenvalue weighted by atomic mass is 10.1. The fourth-order valence-electron chi connectivity index (χ4n) is 3.19. The zero-order valence-corrected chi connectivity index (χ0v) is 17.0. The number of benzene rings is 1.